The first-order valence-corrected chi connectivity index (χ1v) is 12.5. The molecule has 3 nitrogen and oxygen atoms in total. The van der Waals surface area contributed by atoms with Gasteiger partial charge in [0.05, 0.1) is 24.7 Å². The van der Waals surface area contributed by atoms with Crippen molar-refractivity contribution < 1.29 is 9.53 Å². The van der Waals surface area contributed by atoms with Gasteiger partial charge in [-0.1, -0.05) is 91.0 Å². The third-order valence-corrected chi connectivity index (χ3v) is 6.67. The fraction of sp³-hybridized carbons (Fsp3) is 0.212. The quantitative estimate of drug-likeness (QED) is 0.222. The Morgan fingerprint density at radius 2 is 1.31 bits per heavy atom. The summed E-state index contributed by atoms with van der Waals surface area (Å²) in [5, 5.41) is 9.13. The molecule has 0 saturated carbocycles. The molecule has 4 aromatic rings. The fourth-order valence-electron chi connectivity index (χ4n) is 4.57. The predicted molar refractivity (Wildman–Crippen MR) is 145 cm³/mol. The van der Waals surface area contributed by atoms with Crippen molar-refractivity contribution in [2.24, 2.45) is 5.92 Å². The minimum atomic E-state index is -0.126. The molecule has 0 heterocycles. The molecule has 3 heteroatoms. The normalized spacial score (nSPS) is 11.4. The van der Waals surface area contributed by atoms with Crippen LogP contribution >= 0.6 is 0 Å². The lowest BCUT2D eigenvalue weighted by atomic mass is 9.92. The predicted octanol–water partition coefficient (Wildman–Crippen LogP) is 7.64. The Morgan fingerprint density at radius 1 is 0.722 bits per heavy atom. The molecule has 1 atom stereocenters. The average molecular weight is 474 g/mol. The second kappa shape index (κ2) is 12.5. The number of hydrogen-bond donors (Lipinski definition) is 0. The van der Waals surface area contributed by atoms with Crippen LogP contribution in [-0.4, -0.2) is 13.1 Å². The summed E-state index contributed by atoms with van der Waals surface area (Å²) < 4.78 is 5.10. The van der Waals surface area contributed by atoms with Crippen LogP contribution < -0.4 is 0 Å². The number of rotatable bonds is 10. The highest BCUT2D eigenvalue weighted by molar-refractivity contribution is 5.72. The standard InChI is InChI=1S/C33H31NO2/c1-36-33(35)31(11-5-7-25-13-18-29(19-14-25)28-9-3-2-4-10-28)22-17-26-15-20-30(21-16-26)32-12-6-8-27(23-32)24-34/h2-4,6,8-10,12-16,18-21,23,31H,5,7,11,17,22H2,1H3. The topological polar surface area (TPSA) is 50.1 Å². The van der Waals surface area contributed by atoms with E-state index in [2.05, 4.69) is 78.9 Å². The van der Waals surface area contributed by atoms with Crippen LogP contribution in [0, 0.1) is 17.2 Å². The first-order valence-electron chi connectivity index (χ1n) is 12.5. The second-order valence-corrected chi connectivity index (χ2v) is 9.10. The summed E-state index contributed by atoms with van der Waals surface area (Å²) in [5.41, 5.74) is 7.69. The zero-order valence-corrected chi connectivity index (χ0v) is 20.7. The highest BCUT2D eigenvalue weighted by atomic mass is 16.5. The van der Waals surface area contributed by atoms with E-state index in [0.29, 0.717) is 5.56 Å². The Balaban J connectivity index is 1.30. The Labute approximate surface area is 214 Å². The van der Waals surface area contributed by atoms with E-state index in [1.165, 1.54) is 29.4 Å². The number of hydrogen-bond acceptors (Lipinski definition) is 3. The van der Waals surface area contributed by atoms with E-state index in [9.17, 15) is 4.79 Å². The van der Waals surface area contributed by atoms with Gasteiger partial charge in [0.2, 0.25) is 0 Å². The van der Waals surface area contributed by atoms with Crippen LogP contribution in [0.5, 0.6) is 0 Å². The number of carbonyl (C=O) groups excluding carboxylic acids is 1. The lowest BCUT2D eigenvalue weighted by Crippen LogP contribution is -2.17. The largest absolute Gasteiger partial charge is 0.469 e. The van der Waals surface area contributed by atoms with Crippen LogP contribution in [0.3, 0.4) is 0 Å². The summed E-state index contributed by atoms with van der Waals surface area (Å²) in [6, 6.07) is 37.3. The molecule has 0 aliphatic heterocycles. The van der Waals surface area contributed by atoms with Crippen LogP contribution in [0.15, 0.2) is 103 Å². The first kappa shape index (κ1) is 24.9. The van der Waals surface area contributed by atoms with Gasteiger partial charge in [0.1, 0.15) is 0 Å². The number of esters is 1. The molecular formula is C33H31NO2. The van der Waals surface area contributed by atoms with Gasteiger partial charge in [0.25, 0.3) is 0 Å². The van der Waals surface area contributed by atoms with Crippen molar-refractivity contribution in [1.29, 1.82) is 5.26 Å². The van der Waals surface area contributed by atoms with Crippen molar-refractivity contribution in [3.63, 3.8) is 0 Å². The van der Waals surface area contributed by atoms with Gasteiger partial charge in [-0.2, -0.15) is 5.26 Å². The number of nitrogens with zero attached hydrogens (tertiary/aromatic N) is 1. The molecule has 0 amide bonds. The maximum atomic E-state index is 12.4. The van der Waals surface area contributed by atoms with E-state index in [-0.39, 0.29) is 11.9 Å². The smallest absolute Gasteiger partial charge is 0.308 e. The number of carbonyl (C=O) groups is 1. The zero-order chi connectivity index (χ0) is 25.2. The van der Waals surface area contributed by atoms with Gasteiger partial charge in [-0.25, -0.2) is 0 Å². The van der Waals surface area contributed by atoms with Crippen LogP contribution in [-0.2, 0) is 22.4 Å². The number of ether oxygens (including phenoxy) is 1. The molecule has 0 spiro atoms. The lowest BCUT2D eigenvalue weighted by molar-refractivity contribution is -0.145. The van der Waals surface area contributed by atoms with Gasteiger partial charge in [-0.3, -0.25) is 4.79 Å². The van der Waals surface area contributed by atoms with Gasteiger partial charge < -0.3 is 4.74 Å². The Hall–Kier alpha value is -4.16. The molecule has 1 unspecified atom stereocenters. The summed E-state index contributed by atoms with van der Waals surface area (Å²) in [4.78, 5) is 12.4. The molecule has 0 aromatic heterocycles. The van der Waals surface area contributed by atoms with Crippen LogP contribution in [0.25, 0.3) is 22.3 Å². The van der Waals surface area contributed by atoms with Gasteiger partial charge in [0, 0.05) is 0 Å². The fourth-order valence-corrected chi connectivity index (χ4v) is 4.57. The molecule has 0 N–H and O–H groups in total. The van der Waals surface area contributed by atoms with E-state index in [1.807, 2.05) is 30.3 Å². The summed E-state index contributed by atoms with van der Waals surface area (Å²) in [6.07, 6.45) is 4.29. The van der Waals surface area contributed by atoms with Crippen LogP contribution in [0.1, 0.15) is 36.0 Å². The molecule has 0 radical (unpaired) electrons. The Bertz CT molecular complexity index is 1300. The second-order valence-electron chi connectivity index (χ2n) is 9.10. The highest BCUT2D eigenvalue weighted by Crippen LogP contribution is 2.24. The van der Waals surface area contributed by atoms with E-state index in [0.717, 1.165) is 43.2 Å². The molecule has 0 aliphatic rings. The lowest BCUT2D eigenvalue weighted by Gasteiger charge is -2.15. The SMILES string of the molecule is COC(=O)C(CCCc1ccc(-c2ccccc2)cc1)CCc1ccc(-c2cccc(C#N)c2)cc1. The third kappa shape index (κ3) is 6.71. The monoisotopic (exact) mass is 473 g/mol. The number of nitriles is 1. The minimum absolute atomic E-state index is 0.106. The van der Waals surface area contributed by atoms with Crippen LogP contribution in [0.4, 0.5) is 0 Å². The van der Waals surface area contributed by atoms with Crippen molar-refractivity contribution >= 4 is 5.97 Å². The number of methoxy groups -OCH3 is 1. The van der Waals surface area contributed by atoms with E-state index in [1.54, 1.807) is 0 Å². The third-order valence-electron chi connectivity index (χ3n) is 6.67. The molecule has 36 heavy (non-hydrogen) atoms. The van der Waals surface area contributed by atoms with Crippen molar-refractivity contribution in [3.05, 3.63) is 120 Å². The molecule has 0 fully saturated rings. The number of aryl methyl sites for hydroxylation is 2. The van der Waals surface area contributed by atoms with Gasteiger partial charge >= 0.3 is 5.97 Å². The summed E-state index contributed by atoms with van der Waals surface area (Å²) >= 11 is 0. The molecule has 4 aromatic carbocycles. The first-order chi connectivity index (χ1) is 17.7. The summed E-state index contributed by atoms with van der Waals surface area (Å²) in [6.45, 7) is 0. The summed E-state index contributed by atoms with van der Waals surface area (Å²) in [5.74, 6) is -0.232. The highest BCUT2D eigenvalue weighted by Gasteiger charge is 2.18. The maximum Gasteiger partial charge on any atom is 0.308 e. The van der Waals surface area contributed by atoms with Gasteiger partial charge in [-0.05, 0) is 77.6 Å². The van der Waals surface area contributed by atoms with E-state index in [4.69, 9.17) is 10.00 Å². The molecule has 0 saturated heterocycles. The van der Waals surface area contributed by atoms with E-state index < -0.39 is 0 Å². The van der Waals surface area contributed by atoms with Crippen molar-refractivity contribution in [3.8, 4) is 28.3 Å². The molecule has 0 bridgehead atoms. The van der Waals surface area contributed by atoms with Gasteiger partial charge in [0.15, 0.2) is 0 Å². The van der Waals surface area contributed by atoms with E-state index >= 15 is 0 Å². The minimum Gasteiger partial charge on any atom is -0.469 e. The van der Waals surface area contributed by atoms with Crippen molar-refractivity contribution in [1.82, 2.24) is 0 Å². The molecule has 4 rings (SSSR count). The zero-order valence-electron chi connectivity index (χ0n) is 20.7. The van der Waals surface area contributed by atoms with Gasteiger partial charge in [-0.15, -0.1) is 0 Å². The van der Waals surface area contributed by atoms with Crippen molar-refractivity contribution in [2.45, 2.75) is 32.1 Å². The van der Waals surface area contributed by atoms with Crippen LogP contribution in [0.2, 0.25) is 0 Å². The number of benzene rings is 4. The Morgan fingerprint density at radius 3 is 1.94 bits per heavy atom. The molecule has 0 aliphatic carbocycles. The molecule has 180 valence electrons. The average Bonchev–Trinajstić information content (AvgIpc) is 2.95. The Kier molecular flexibility index (Phi) is 8.67. The van der Waals surface area contributed by atoms with Crippen molar-refractivity contribution in [2.75, 3.05) is 7.11 Å². The maximum absolute atomic E-state index is 12.4. The molecular weight excluding hydrogens is 442 g/mol. The summed E-state index contributed by atoms with van der Waals surface area (Å²) in [7, 11) is 1.47.